The topological polar surface area (TPSA) is 71.1 Å². The van der Waals surface area contributed by atoms with Crippen molar-refractivity contribution in [3.63, 3.8) is 0 Å². The average molecular weight is 359 g/mol. The summed E-state index contributed by atoms with van der Waals surface area (Å²) < 4.78 is 0. The highest BCUT2D eigenvalue weighted by atomic mass is 16.2. The number of aryl methyl sites for hydroxylation is 3. The molecule has 2 N–H and O–H groups in total. The minimum atomic E-state index is -0.361. The van der Waals surface area contributed by atoms with Crippen molar-refractivity contribution >= 4 is 23.2 Å². The Hall–Kier alpha value is -3.47. The van der Waals surface area contributed by atoms with E-state index in [4.69, 9.17) is 0 Å². The van der Waals surface area contributed by atoms with Crippen molar-refractivity contribution in [3.05, 3.63) is 88.7 Å². The van der Waals surface area contributed by atoms with Crippen molar-refractivity contribution in [1.82, 2.24) is 4.98 Å². The van der Waals surface area contributed by atoms with Crippen LogP contribution in [-0.2, 0) is 0 Å². The Morgan fingerprint density at radius 3 is 2.19 bits per heavy atom. The largest absolute Gasteiger partial charge is 0.322 e. The van der Waals surface area contributed by atoms with Crippen molar-refractivity contribution in [3.8, 4) is 0 Å². The maximum absolute atomic E-state index is 12.6. The number of aromatic nitrogens is 1. The van der Waals surface area contributed by atoms with Gasteiger partial charge in [-0.2, -0.15) is 0 Å². The summed E-state index contributed by atoms with van der Waals surface area (Å²) in [5, 5.41) is 5.66. The van der Waals surface area contributed by atoms with E-state index in [1.165, 1.54) is 12.3 Å². The predicted octanol–water partition coefficient (Wildman–Crippen LogP) is 4.51. The highest BCUT2D eigenvalue weighted by Gasteiger charge is 2.13. The number of carbonyl (C=O) groups is 2. The number of nitrogens with zero attached hydrogens (tertiary/aromatic N) is 1. The molecule has 5 nitrogen and oxygen atoms in total. The van der Waals surface area contributed by atoms with Crippen LogP contribution < -0.4 is 10.6 Å². The molecule has 1 aromatic heterocycles. The number of hydrogen-bond acceptors (Lipinski definition) is 3. The maximum atomic E-state index is 12.6. The van der Waals surface area contributed by atoms with E-state index in [2.05, 4.69) is 15.6 Å². The van der Waals surface area contributed by atoms with Crippen LogP contribution in [0.3, 0.4) is 0 Å². The smallest absolute Gasteiger partial charge is 0.274 e. The summed E-state index contributed by atoms with van der Waals surface area (Å²) in [4.78, 5) is 29.0. The molecule has 0 aliphatic rings. The van der Waals surface area contributed by atoms with Gasteiger partial charge in [-0.1, -0.05) is 35.4 Å². The molecule has 1 heterocycles. The number of pyridine rings is 1. The summed E-state index contributed by atoms with van der Waals surface area (Å²) in [5.74, 6) is -0.645. The van der Waals surface area contributed by atoms with Crippen LogP contribution in [0.5, 0.6) is 0 Å². The molecule has 0 saturated heterocycles. The first-order valence-electron chi connectivity index (χ1n) is 8.65. The molecule has 0 bridgehead atoms. The lowest BCUT2D eigenvalue weighted by Crippen LogP contribution is -2.17. The highest BCUT2D eigenvalue weighted by molar-refractivity contribution is 6.08. The zero-order valence-electron chi connectivity index (χ0n) is 15.5. The Morgan fingerprint density at radius 2 is 1.48 bits per heavy atom. The normalized spacial score (nSPS) is 10.3. The second-order valence-corrected chi connectivity index (χ2v) is 6.52. The molecule has 0 aliphatic carbocycles. The molecule has 0 atom stereocenters. The summed E-state index contributed by atoms with van der Waals surface area (Å²) in [6, 6.07) is 16.4. The number of nitrogens with one attached hydrogen (secondary N) is 2. The van der Waals surface area contributed by atoms with Crippen LogP contribution in [0.25, 0.3) is 0 Å². The van der Waals surface area contributed by atoms with Crippen LogP contribution >= 0.6 is 0 Å². The molecule has 2 amide bonds. The second-order valence-electron chi connectivity index (χ2n) is 6.52. The highest BCUT2D eigenvalue weighted by Crippen LogP contribution is 2.17. The zero-order valence-corrected chi connectivity index (χ0v) is 15.5. The number of amides is 2. The van der Waals surface area contributed by atoms with Crippen molar-refractivity contribution in [2.24, 2.45) is 0 Å². The van der Waals surface area contributed by atoms with E-state index in [1.807, 2.05) is 63.2 Å². The van der Waals surface area contributed by atoms with E-state index in [0.717, 1.165) is 22.4 Å². The van der Waals surface area contributed by atoms with Crippen LogP contribution in [0, 0.1) is 20.8 Å². The third-order valence-corrected chi connectivity index (χ3v) is 4.19. The zero-order chi connectivity index (χ0) is 19.4. The van der Waals surface area contributed by atoms with Crippen molar-refractivity contribution in [2.45, 2.75) is 20.8 Å². The van der Waals surface area contributed by atoms with Crippen molar-refractivity contribution in [2.75, 3.05) is 10.6 Å². The molecule has 5 heteroatoms. The van der Waals surface area contributed by atoms with Gasteiger partial charge in [0.05, 0.1) is 0 Å². The fourth-order valence-corrected chi connectivity index (χ4v) is 2.68. The lowest BCUT2D eigenvalue weighted by Gasteiger charge is -2.10. The fourth-order valence-electron chi connectivity index (χ4n) is 2.68. The van der Waals surface area contributed by atoms with E-state index in [1.54, 1.807) is 6.07 Å². The molecule has 0 spiro atoms. The number of hydrogen-bond donors (Lipinski definition) is 2. The van der Waals surface area contributed by atoms with Gasteiger partial charge in [0, 0.05) is 23.1 Å². The molecule has 0 unspecified atom stereocenters. The Kier molecular flexibility index (Phi) is 5.31. The van der Waals surface area contributed by atoms with Gasteiger partial charge in [0.15, 0.2) is 0 Å². The SMILES string of the molecule is Cc1ccc(NC(=O)c2cc(C(=O)Nc3ccc(C)cc3C)ccn2)cc1. The third kappa shape index (κ3) is 4.58. The van der Waals surface area contributed by atoms with Crippen LogP contribution in [0.15, 0.2) is 60.8 Å². The van der Waals surface area contributed by atoms with Gasteiger partial charge in [-0.25, -0.2) is 0 Å². The van der Waals surface area contributed by atoms with Gasteiger partial charge in [-0.3, -0.25) is 14.6 Å². The van der Waals surface area contributed by atoms with Gasteiger partial charge in [0.2, 0.25) is 0 Å². The molecule has 27 heavy (non-hydrogen) atoms. The first-order valence-corrected chi connectivity index (χ1v) is 8.65. The van der Waals surface area contributed by atoms with E-state index >= 15 is 0 Å². The molecule has 2 aromatic carbocycles. The molecule has 136 valence electrons. The third-order valence-electron chi connectivity index (χ3n) is 4.19. The Balaban J connectivity index is 1.75. The van der Waals surface area contributed by atoms with Gasteiger partial charge < -0.3 is 10.6 Å². The number of rotatable bonds is 4. The van der Waals surface area contributed by atoms with Gasteiger partial charge in [0.25, 0.3) is 11.8 Å². The first-order chi connectivity index (χ1) is 12.9. The summed E-state index contributed by atoms with van der Waals surface area (Å²) in [7, 11) is 0. The van der Waals surface area contributed by atoms with Gasteiger partial charge in [0.1, 0.15) is 5.69 Å². The molecule has 3 aromatic rings. The maximum Gasteiger partial charge on any atom is 0.274 e. The lowest BCUT2D eigenvalue weighted by molar-refractivity contribution is 0.102. The van der Waals surface area contributed by atoms with Gasteiger partial charge in [-0.15, -0.1) is 0 Å². The molecule has 3 rings (SSSR count). The fraction of sp³-hybridized carbons (Fsp3) is 0.136. The van der Waals surface area contributed by atoms with E-state index < -0.39 is 0 Å². The molecule has 0 radical (unpaired) electrons. The van der Waals surface area contributed by atoms with Crippen LogP contribution in [0.2, 0.25) is 0 Å². The molecular formula is C22H21N3O2. The summed E-state index contributed by atoms with van der Waals surface area (Å²) in [6.07, 6.45) is 1.46. The van der Waals surface area contributed by atoms with Crippen LogP contribution in [0.4, 0.5) is 11.4 Å². The van der Waals surface area contributed by atoms with E-state index in [9.17, 15) is 9.59 Å². The minimum Gasteiger partial charge on any atom is -0.322 e. The summed E-state index contributed by atoms with van der Waals surface area (Å²) in [6.45, 7) is 5.92. The predicted molar refractivity (Wildman–Crippen MR) is 107 cm³/mol. The molecule has 0 aliphatic heterocycles. The van der Waals surface area contributed by atoms with Crippen molar-refractivity contribution in [1.29, 1.82) is 0 Å². The summed E-state index contributed by atoms with van der Waals surface area (Å²) in [5.41, 5.74) is 5.20. The van der Waals surface area contributed by atoms with Crippen LogP contribution in [0.1, 0.15) is 37.5 Å². The lowest BCUT2D eigenvalue weighted by atomic mass is 10.1. The monoisotopic (exact) mass is 359 g/mol. The first kappa shape index (κ1) is 18.3. The summed E-state index contributed by atoms with van der Waals surface area (Å²) >= 11 is 0. The Morgan fingerprint density at radius 1 is 0.778 bits per heavy atom. The molecule has 0 fully saturated rings. The standard InChI is InChI=1S/C22H21N3O2/c1-14-4-7-18(8-5-14)24-22(27)20-13-17(10-11-23-20)21(26)25-19-9-6-15(2)12-16(19)3/h4-13H,1-3H3,(H,24,27)(H,25,26). The van der Waals surface area contributed by atoms with E-state index in [0.29, 0.717) is 11.3 Å². The molecular weight excluding hydrogens is 338 g/mol. The van der Waals surface area contributed by atoms with Crippen LogP contribution in [-0.4, -0.2) is 16.8 Å². The Labute approximate surface area is 158 Å². The van der Waals surface area contributed by atoms with Gasteiger partial charge in [-0.05, 0) is 56.7 Å². The van der Waals surface area contributed by atoms with Gasteiger partial charge >= 0.3 is 0 Å². The average Bonchev–Trinajstić information content (AvgIpc) is 2.66. The number of carbonyl (C=O) groups excluding carboxylic acids is 2. The number of anilines is 2. The quantitative estimate of drug-likeness (QED) is 0.720. The van der Waals surface area contributed by atoms with Crippen molar-refractivity contribution < 1.29 is 9.59 Å². The molecule has 0 saturated carbocycles. The second kappa shape index (κ2) is 7.83. The number of benzene rings is 2. The Bertz CT molecular complexity index is 995. The minimum absolute atomic E-state index is 0.184. The van der Waals surface area contributed by atoms with E-state index in [-0.39, 0.29) is 17.5 Å².